The van der Waals surface area contributed by atoms with Crippen molar-refractivity contribution in [2.45, 2.75) is 45.3 Å². The standard InChI is InChI=1S/C14H28N4O/c1-10(2)18-12(11(19-8)9-16-18)13(15-5)14(3,4)17(6)7/h9-10,13,15H,1-8H3. The number of likely N-dealkylation sites (N-methyl/N-ethyl adjacent to an activating group) is 2. The van der Waals surface area contributed by atoms with E-state index < -0.39 is 0 Å². The van der Waals surface area contributed by atoms with Crippen molar-refractivity contribution in [3.8, 4) is 5.75 Å². The Balaban J connectivity index is 3.35. The quantitative estimate of drug-likeness (QED) is 0.857. The third-order valence-corrected chi connectivity index (χ3v) is 3.93. The number of methoxy groups -OCH3 is 1. The minimum atomic E-state index is -0.0608. The normalized spacial score (nSPS) is 14.2. The predicted octanol–water partition coefficient (Wildman–Crippen LogP) is 2.07. The zero-order chi connectivity index (χ0) is 14.8. The van der Waals surface area contributed by atoms with Gasteiger partial charge in [-0.2, -0.15) is 5.10 Å². The predicted molar refractivity (Wildman–Crippen MR) is 78.7 cm³/mol. The lowest BCUT2D eigenvalue weighted by molar-refractivity contribution is 0.134. The Labute approximate surface area is 116 Å². The summed E-state index contributed by atoms with van der Waals surface area (Å²) in [7, 11) is 7.85. The number of hydrogen-bond acceptors (Lipinski definition) is 4. The van der Waals surface area contributed by atoms with Crippen LogP contribution in [0.2, 0.25) is 0 Å². The molecule has 0 aliphatic rings. The van der Waals surface area contributed by atoms with Crippen LogP contribution in [0.25, 0.3) is 0 Å². The van der Waals surface area contributed by atoms with Gasteiger partial charge in [-0.3, -0.25) is 4.68 Å². The minimum absolute atomic E-state index is 0.0608. The van der Waals surface area contributed by atoms with Gasteiger partial charge in [-0.05, 0) is 48.8 Å². The molecule has 0 saturated heterocycles. The monoisotopic (exact) mass is 268 g/mol. The van der Waals surface area contributed by atoms with E-state index in [-0.39, 0.29) is 11.6 Å². The van der Waals surface area contributed by atoms with Crippen molar-refractivity contribution >= 4 is 0 Å². The first kappa shape index (κ1) is 16.0. The van der Waals surface area contributed by atoms with E-state index in [1.165, 1.54) is 0 Å². The maximum atomic E-state index is 5.49. The van der Waals surface area contributed by atoms with Crippen LogP contribution in [0.15, 0.2) is 6.20 Å². The zero-order valence-electron chi connectivity index (χ0n) is 13.5. The Bertz CT molecular complexity index is 410. The Kier molecular flexibility index (Phi) is 4.98. The van der Waals surface area contributed by atoms with Crippen molar-refractivity contribution in [2.24, 2.45) is 0 Å². The van der Waals surface area contributed by atoms with Gasteiger partial charge in [-0.15, -0.1) is 0 Å². The smallest absolute Gasteiger partial charge is 0.161 e. The molecular formula is C14H28N4O. The topological polar surface area (TPSA) is 42.3 Å². The Morgan fingerprint density at radius 1 is 1.37 bits per heavy atom. The molecule has 0 aliphatic carbocycles. The highest BCUT2D eigenvalue weighted by atomic mass is 16.5. The van der Waals surface area contributed by atoms with Crippen molar-refractivity contribution < 1.29 is 4.74 Å². The average Bonchev–Trinajstić information content (AvgIpc) is 2.73. The molecule has 1 heterocycles. The van der Waals surface area contributed by atoms with Crippen molar-refractivity contribution in [1.29, 1.82) is 0 Å². The summed E-state index contributed by atoms with van der Waals surface area (Å²) in [6.07, 6.45) is 1.80. The first-order valence-corrected chi connectivity index (χ1v) is 6.73. The van der Waals surface area contributed by atoms with Crippen molar-refractivity contribution in [1.82, 2.24) is 20.0 Å². The summed E-state index contributed by atoms with van der Waals surface area (Å²) in [6.45, 7) is 8.69. The first-order chi connectivity index (χ1) is 8.77. The molecule has 5 nitrogen and oxygen atoms in total. The van der Waals surface area contributed by atoms with Crippen molar-refractivity contribution in [2.75, 3.05) is 28.3 Å². The molecule has 0 fully saturated rings. The molecule has 19 heavy (non-hydrogen) atoms. The largest absolute Gasteiger partial charge is 0.493 e. The fourth-order valence-corrected chi connectivity index (χ4v) is 2.28. The average molecular weight is 268 g/mol. The SMILES string of the molecule is CNC(c1c(OC)cnn1C(C)C)C(C)(C)N(C)C. The molecule has 1 atom stereocenters. The molecule has 0 bridgehead atoms. The molecule has 1 unspecified atom stereocenters. The lowest BCUT2D eigenvalue weighted by Gasteiger charge is -2.40. The van der Waals surface area contributed by atoms with Crippen LogP contribution in [0.3, 0.4) is 0 Å². The second kappa shape index (κ2) is 5.92. The van der Waals surface area contributed by atoms with Crippen LogP contribution in [-0.4, -0.2) is 48.5 Å². The van der Waals surface area contributed by atoms with Gasteiger partial charge in [-0.1, -0.05) is 0 Å². The van der Waals surface area contributed by atoms with Crippen molar-refractivity contribution in [3.05, 3.63) is 11.9 Å². The highest BCUT2D eigenvalue weighted by molar-refractivity contribution is 5.31. The van der Waals surface area contributed by atoms with E-state index in [0.29, 0.717) is 6.04 Å². The maximum absolute atomic E-state index is 5.49. The molecule has 0 spiro atoms. The second-order valence-electron chi connectivity index (χ2n) is 5.91. The van der Waals surface area contributed by atoms with E-state index in [2.05, 4.69) is 57.1 Å². The van der Waals surface area contributed by atoms with Gasteiger partial charge >= 0.3 is 0 Å². The van der Waals surface area contributed by atoms with Crippen LogP contribution in [0, 0.1) is 0 Å². The van der Waals surface area contributed by atoms with E-state index in [4.69, 9.17) is 4.74 Å². The summed E-state index contributed by atoms with van der Waals surface area (Å²) >= 11 is 0. The van der Waals surface area contributed by atoms with Gasteiger partial charge in [0.05, 0.1) is 25.0 Å². The molecule has 0 radical (unpaired) electrons. The zero-order valence-corrected chi connectivity index (χ0v) is 13.5. The summed E-state index contributed by atoms with van der Waals surface area (Å²) in [6, 6.07) is 0.426. The molecule has 0 saturated carbocycles. The van der Waals surface area contributed by atoms with Crippen molar-refractivity contribution in [3.63, 3.8) is 0 Å². The van der Waals surface area contributed by atoms with Gasteiger partial charge in [0, 0.05) is 11.6 Å². The van der Waals surface area contributed by atoms with Gasteiger partial charge in [0.1, 0.15) is 0 Å². The number of aromatic nitrogens is 2. The van der Waals surface area contributed by atoms with E-state index in [0.717, 1.165) is 11.4 Å². The van der Waals surface area contributed by atoms with Gasteiger partial charge < -0.3 is 15.0 Å². The van der Waals surface area contributed by atoms with E-state index in [1.807, 2.05) is 11.7 Å². The molecular weight excluding hydrogens is 240 g/mol. The lowest BCUT2D eigenvalue weighted by Crippen LogP contribution is -2.49. The minimum Gasteiger partial charge on any atom is -0.493 e. The molecule has 0 amide bonds. The summed E-state index contributed by atoms with van der Waals surface area (Å²) < 4.78 is 7.52. The molecule has 110 valence electrons. The summed E-state index contributed by atoms with van der Waals surface area (Å²) in [5.41, 5.74) is 1.04. The van der Waals surface area contributed by atoms with Crippen LogP contribution >= 0.6 is 0 Å². The molecule has 1 aromatic heterocycles. The summed E-state index contributed by atoms with van der Waals surface area (Å²) in [4.78, 5) is 2.21. The Morgan fingerprint density at radius 2 is 1.95 bits per heavy atom. The fraction of sp³-hybridized carbons (Fsp3) is 0.786. The molecule has 1 N–H and O–H groups in total. The first-order valence-electron chi connectivity index (χ1n) is 6.73. The molecule has 1 aromatic rings. The van der Waals surface area contributed by atoms with Crippen LogP contribution in [0.1, 0.15) is 45.5 Å². The van der Waals surface area contributed by atoms with E-state index in [9.17, 15) is 0 Å². The number of nitrogens with one attached hydrogen (secondary N) is 1. The van der Waals surface area contributed by atoms with Crippen LogP contribution in [-0.2, 0) is 0 Å². The van der Waals surface area contributed by atoms with Crippen LogP contribution in [0.5, 0.6) is 5.75 Å². The van der Waals surface area contributed by atoms with Gasteiger partial charge in [0.25, 0.3) is 0 Å². The van der Waals surface area contributed by atoms with E-state index >= 15 is 0 Å². The molecule has 1 rings (SSSR count). The summed E-state index contributed by atoms with van der Waals surface area (Å²) in [5.74, 6) is 0.836. The number of nitrogens with zero attached hydrogens (tertiary/aromatic N) is 3. The number of ether oxygens (including phenoxy) is 1. The third-order valence-electron chi connectivity index (χ3n) is 3.93. The van der Waals surface area contributed by atoms with Crippen LogP contribution < -0.4 is 10.1 Å². The van der Waals surface area contributed by atoms with Crippen LogP contribution in [0.4, 0.5) is 0 Å². The highest BCUT2D eigenvalue weighted by Crippen LogP contribution is 2.35. The second-order valence-corrected chi connectivity index (χ2v) is 5.91. The molecule has 0 aromatic carbocycles. The Morgan fingerprint density at radius 3 is 2.32 bits per heavy atom. The number of hydrogen-bond donors (Lipinski definition) is 1. The number of rotatable bonds is 6. The van der Waals surface area contributed by atoms with Gasteiger partial charge in [0.2, 0.25) is 0 Å². The molecule has 5 heteroatoms. The summed E-state index contributed by atoms with van der Waals surface area (Å²) in [5, 5.41) is 7.87. The fourth-order valence-electron chi connectivity index (χ4n) is 2.28. The van der Waals surface area contributed by atoms with Gasteiger partial charge in [-0.25, -0.2) is 0 Å². The maximum Gasteiger partial charge on any atom is 0.161 e. The molecule has 0 aliphatic heterocycles. The van der Waals surface area contributed by atoms with E-state index in [1.54, 1.807) is 13.3 Å². The highest BCUT2D eigenvalue weighted by Gasteiger charge is 2.36. The third kappa shape index (κ3) is 2.92. The van der Waals surface area contributed by atoms with Gasteiger partial charge in [0.15, 0.2) is 5.75 Å². The Hall–Kier alpha value is -1.07. The lowest BCUT2D eigenvalue weighted by atomic mass is 9.90.